The van der Waals surface area contributed by atoms with Crippen molar-refractivity contribution in [2.45, 2.75) is 17.9 Å². The predicted molar refractivity (Wildman–Crippen MR) is 110 cm³/mol. The van der Waals surface area contributed by atoms with E-state index in [1.54, 1.807) is 0 Å². The van der Waals surface area contributed by atoms with Crippen LogP contribution in [0.5, 0.6) is 0 Å². The first-order valence-corrected chi connectivity index (χ1v) is 9.93. The molecule has 35 heavy (non-hydrogen) atoms. The number of Topliss-reactive ketones (excluding diaryl/α,β-unsaturated/α-hetero) is 1. The molecule has 9 nitrogen and oxygen atoms in total. The molecule has 3 N–H and O–H groups in total. The number of benzene rings is 2. The summed E-state index contributed by atoms with van der Waals surface area (Å²) in [5.74, 6) is -4.93. The number of urea groups is 1. The second-order valence-electron chi connectivity index (χ2n) is 7.67. The molecule has 1 aliphatic rings. The van der Waals surface area contributed by atoms with Gasteiger partial charge in [-0.15, -0.1) is 0 Å². The van der Waals surface area contributed by atoms with Crippen LogP contribution in [0.4, 0.5) is 28.0 Å². The van der Waals surface area contributed by atoms with Gasteiger partial charge in [0.15, 0.2) is 5.78 Å². The minimum atomic E-state index is -5.50. The molecular weight excluding hydrogens is 478 g/mol. The fraction of sp³-hybridized carbons (Fsp3) is 0.182. The van der Waals surface area contributed by atoms with E-state index in [9.17, 15) is 42.4 Å². The molecule has 4 rings (SSSR count). The van der Waals surface area contributed by atoms with E-state index in [4.69, 9.17) is 4.42 Å². The highest BCUT2D eigenvalue weighted by Crippen LogP contribution is 2.45. The highest BCUT2D eigenvalue weighted by Gasteiger charge is 2.66. The highest BCUT2D eigenvalue weighted by atomic mass is 19.4. The molecule has 182 valence electrons. The smallest absolute Gasteiger partial charge is 0.437 e. The van der Waals surface area contributed by atoms with Crippen molar-refractivity contribution in [2.24, 2.45) is 5.92 Å². The molecule has 1 aliphatic heterocycles. The summed E-state index contributed by atoms with van der Waals surface area (Å²) in [6, 6.07) is 8.04. The first-order chi connectivity index (χ1) is 16.4. The number of alkyl halides is 3. The Morgan fingerprint density at radius 3 is 2.37 bits per heavy atom. The first kappa shape index (κ1) is 23.9. The van der Waals surface area contributed by atoms with E-state index in [0.717, 1.165) is 30.3 Å². The van der Waals surface area contributed by atoms with Crippen LogP contribution in [-0.2, 0) is 0 Å². The third-order valence-electron chi connectivity index (χ3n) is 5.52. The fourth-order valence-electron chi connectivity index (χ4n) is 3.88. The topological polar surface area (TPSA) is 135 Å². The molecular formula is C22H15F4N3O6. The summed E-state index contributed by atoms with van der Waals surface area (Å²) >= 11 is 0. The lowest BCUT2D eigenvalue weighted by molar-refractivity contribution is -0.384. The Labute approximate surface area is 193 Å². The molecule has 3 atom stereocenters. The molecule has 1 saturated heterocycles. The Balaban J connectivity index is 1.83. The van der Waals surface area contributed by atoms with Crippen molar-refractivity contribution in [3.05, 3.63) is 87.9 Å². The minimum Gasteiger partial charge on any atom is -0.459 e. The molecule has 0 bridgehead atoms. The van der Waals surface area contributed by atoms with Gasteiger partial charge >= 0.3 is 12.2 Å². The van der Waals surface area contributed by atoms with Crippen LogP contribution >= 0.6 is 0 Å². The van der Waals surface area contributed by atoms with Crippen LogP contribution in [0, 0.1) is 21.8 Å². The van der Waals surface area contributed by atoms with E-state index >= 15 is 0 Å². The largest absolute Gasteiger partial charge is 0.459 e. The van der Waals surface area contributed by atoms with Crippen LogP contribution < -0.4 is 10.6 Å². The molecule has 3 aromatic rings. The van der Waals surface area contributed by atoms with E-state index in [1.165, 1.54) is 35.6 Å². The van der Waals surface area contributed by atoms with Gasteiger partial charge in [-0.25, -0.2) is 9.18 Å². The number of hydrogen-bond acceptors (Lipinski definition) is 6. The number of furan rings is 1. The van der Waals surface area contributed by atoms with Crippen LogP contribution in [-0.4, -0.2) is 33.7 Å². The number of halogens is 4. The maximum absolute atomic E-state index is 14.0. The van der Waals surface area contributed by atoms with Gasteiger partial charge < -0.3 is 20.2 Å². The van der Waals surface area contributed by atoms with Gasteiger partial charge in [-0.05, 0) is 42.5 Å². The zero-order valence-corrected chi connectivity index (χ0v) is 17.4. The van der Waals surface area contributed by atoms with Gasteiger partial charge in [-0.3, -0.25) is 14.9 Å². The number of para-hydroxylation sites is 1. The summed E-state index contributed by atoms with van der Waals surface area (Å²) < 4.78 is 60.8. The Morgan fingerprint density at radius 1 is 1.09 bits per heavy atom. The number of nitrogens with zero attached hydrogens (tertiary/aromatic N) is 1. The van der Waals surface area contributed by atoms with E-state index in [1.807, 2.05) is 0 Å². The Kier molecular flexibility index (Phi) is 5.80. The minimum absolute atomic E-state index is 0.00324. The number of ketones is 1. The molecule has 0 radical (unpaired) electrons. The molecule has 0 spiro atoms. The summed E-state index contributed by atoms with van der Waals surface area (Å²) in [4.78, 5) is 35.9. The number of carbonyl (C=O) groups is 2. The fourth-order valence-corrected chi connectivity index (χ4v) is 3.88. The number of aliphatic hydroxyl groups is 1. The van der Waals surface area contributed by atoms with Crippen LogP contribution in [0.2, 0.25) is 0 Å². The SMILES string of the molecule is O=C1N[C@H](c2ccc(-c3ccccc3[N+](=O)[O-])o2)[C@@H](C(=O)c2ccc(F)cc2)[C@](O)(C(F)(F)F)N1. The zero-order chi connectivity index (χ0) is 25.5. The summed E-state index contributed by atoms with van der Waals surface area (Å²) in [6.07, 6.45) is -5.50. The number of nitro benzene ring substituents is 1. The summed E-state index contributed by atoms with van der Waals surface area (Å²) in [5.41, 5.74) is -4.74. The van der Waals surface area contributed by atoms with Gasteiger partial charge in [0, 0.05) is 11.6 Å². The van der Waals surface area contributed by atoms with Gasteiger partial charge in [0.1, 0.15) is 29.3 Å². The average Bonchev–Trinajstić information content (AvgIpc) is 3.28. The molecule has 1 aromatic heterocycles. The van der Waals surface area contributed by atoms with Crippen LogP contribution in [0.3, 0.4) is 0 Å². The lowest BCUT2D eigenvalue weighted by atomic mass is 9.79. The molecule has 2 aromatic carbocycles. The number of hydrogen-bond donors (Lipinski definition) is 3. The number of nitro groups is 1. The van der Waals surface area contributed by atoms with E-state index in [2.05, 4.69) is 5.32 Å². The third kappa shape index (κ3) is 4.21. The third-order valence-corrected chi connectivity index (χ3v) is 5.52. The van der Waals surface area contributed by atoms with Crippen molar-refractivity contribution in [3.8, 4) is 11.3 Å². The standard InChI is InChI=1S/C22H15F4N3O6/c23-12-7-5-11(6-8-12)19(30)17-18(27-20(31)28-21(17,32)22(24,25)26)16-10-9-15(35-16)13-3-1-2-4-14(13)29(33)34/h1-10,17-18,32H,(H2,27,28,31)/t17-,18+,21-/m0/s1. The lowest BCUT2D eigenvalue weighted by Gasteiger charge is -2.44. The number of amides is 2. The monoisotopic (exact) mass is 493 g/mol. The average molecular weight is 493 g/mol. The van der Waals surface area contributed by atoms with E-state index < -0.39 is 46.4 Å². The van der Waals surface area contributed by atoms with Gasteiger partial charge in [-0.2, -0.15) is 13.2 Å². The normalized spacial score (nSPS) is 22.3. The van der Waals surface area contributed by atoms with Crippen molar-refractivity contribution in [2.75, 3.05) is 0 Å². The quantitative estimate of drug-likeness (QED) is 0.212. The second-order valence-corrected chi connectivity index (χ2v) is 7.67. The second kappa shape index (κ2) is 8.51. The molecule has 2 heterocycles. The Hall–Kier alpha value is -4.26. The number of nitrogens with one attached hydrogen (secondary N) is 2. The van der Waals surface area contributed by atoms with Crippen LogP contribution in [0.15, 0.2) is 65.1 Å². The van der Waals surface area contributed by atoms with Gasteiger partial charge in [-0.1, -0.05) is 12.1 Å². The predicted octanol–water partition coefficient (Wildman–Crippen LogP) is 4.10. The van der Waals surface area contributed by atoms with Crippen molar-refractivity contribution < 1.29 is 41.6 Å². The van der Waals surface area contributed by atoms with Crippen LogP contribution in [0.1, 0.15) is 22.2 Å². The zero-order valence-electron chi connectivity index (χ0n) is 17.4. The molecule has 13 heteroatoms. The molecule has 0 unspecified atom stereocenters. The van der Waals surface area contributed by atoms with Gasteiger partial charge in [0.05, 0.1) is 10.5 Å². The van der Waals surface area contributed by atoms with Crippen molar-refractivity contribution in [3.63, 3.8) is 0 Å². The van der Waals surface area contributed by atoms with Crippen LogP contribution in [0.25, 0.3) is 11.3 Å². The summed E-state index contributed by atoms with van der Waals surface area (Å²) in [7, 11) is 0. The van der Waals surface area contributed by atoms with E-state index in [0.29, 0.717) is 0 Å². The summed E-state index contributed by atoms with van der Waals surface area (Å²) in [6.45, 7) is 0. The molecule has 2 amide bonds. The Morgan fingerprint density at radius 2 is 1.74 bits per heavy atom. The maximum Gasteiger partial charge on any atom is 0.437 e. The Bertz CT molecular complexity index is 1310. The number of carbonyl (C=O) groups excluding carboxylic acids is 2. The molecule has 0 aliphatic carbocycles. The molecule has 1 fully saturated rings. The van der Waals surface area contributed by atoms with Gasteiger partial charge in [0.25, 0.3) is 5.69 Å². The maximum atomic E-state index is 14.0. The van der Waals surface area contributed by atoms with Gasteiger partial charge in [0.2, 0.25) is 5.72 Å². The number of rotatable bonds is 5. The first-order valence-electron chi connectivity index (χ1n) is 9.93. The lowest BCUT2D eigenvalue weighted by Crippen LogP contribution is -2.72. The van der Waals surface area contributed by atoms with Crippen molar-refractivity contribution in [1.29, 1.82) is 0 Å². The van der Waals surface area contributed by atoms with E-state index in [-0.39, 0.29) is 28.3 Å². The van der Waals surface area contributed by atoms with Crippen molar-refractivity contribution in [1.82, 2.24) is 10.6 Å². The summed E-state index contributed by atoms with van der Waals surface area (Å²) in [5, 5.41) is 25.4. The molecule has 0 saturated carbocycles. The van der Waals surface area contributed by atoms with Crippen molar-refractivity contribution >= 4 is 17.5 Å². The highest BCUT2D eigenvalue weighted by molar-refractivity contribution is 6.00.